The molecule has 0 aliphatic rings. The van der Waals surface area contributed by atoms with E-state index in [9.17, 15) is 4.79 Å². The van der Waals surface area contributed by atoms with Crippen molar-refractivity contribution in [1.29, 1.82) is 0 Å². The second-order valence-electron chi connectivity index (χ2n) is 3.22. The van der Waals surface area contributed by atoms with E-state index in [1.807, 2.05) is 0 Å². The average Bonchev–Trinajstić information content (AvgIpc) is 2.77. The van der Waals surface area contributed by atoms with Crippen molar-refractivity contribution in [1.82, 2.24) is 5.16 Å². The first-order chi connectivity index (χ1) is 8.13. The standard InChI is InChI=1S/C11H8ClNO4/c1-16-9-3-2-6(4-8(9)12)10-7(11(14)15)5-13-17-10/h2-5H,1H3,(H,14,15). The van der Waals surface area contributed by atoms with E-state index in [-0.39, 0.29) is 11.3 Å². The van der Waals surface area contributed by atoms with Gasteiger partial charge in [-0.3, -0.25) is 0 Å². The predicted molar refractivity (Wildman–Crippen MR) is 60.5 cm³/mol. The van der Waals surface area contributed by atoms with Crippen LogP contribution < -0.4 is 4.74 Å². The number of carboxylic acid groups (broad SMARTS) is 1. The van der Waals surface area contributed by atoms with Crippen molar-refractivity contribution in [3.8, 4) is 17.1 Å². The van der Waals surface area contributed by atoms with E-state index < -0.39 is 5.97 Å². The predicted octanol–water partition coefficient (Wildman–Crippen LogP) is 2.70. The Balaban J connectivity index is 2.50. The van der Waals surface area contributed by atoms with Gasteiger partial charge in [0.25, 0.3) is 0 Å². The Kier molecular flexibility index (Phi) is 3.01. The van der Waals surface area contributed by atoms with Gasteiger partial charge in [-0.15, -0.1) is 0 Å². The first-order valence-corrected chi connectivity index (χ1v) is 5.03. The van der Waals surface area contributed by atoms with Gasteiger partial charge in [0.2, 0.25) is 0 Å². The summed E-state index contributed by atoms with van der Waals surface area (Å²) in [7, 11) is 1.50. The van der Waals surface area contributed by atoms with Gasteiger partial charge in [0.15, 0.2) is 5.76 Å². The molecular weight excluding hydrogens is 246 g/mol. The molecule has 17 heavy (non-hydrogen) atoms. The molecule has 0 atom stereocenters. The molecule has 1 aromatic heterocycles. The quantitative estimate of drug-likeness (QED) is 0.910. The van der Waals surface area contributed by atoms with E-state index in [0.717, 1.165) is 6.20 Å². The van der Waals surface area contributed by atoms with Gasteiger partial charge < -0.3 is 14.4 Å². The molecule has 0 aliphatic heterocycles. The molecule has 5 nitrogen and oxygen atoms in total. The smallest absolute Gasteiger partial charge is 0.341 e. The number of nitrogens with zero attached hydrogens (tertiary/aromatic N) is 1. The van der Waals surface area contributed by atoms with E-state index in [2.05, 4.69) is 5.16 Å². The van der Waals surface area contributed by atoms with Gasteiger partial charge in [-0.2, -0.15) is 0 Å². The first kappa shape index (κ1) is 11.5. The van der Waals surface area contributed by atoms with E-state index in [1.54, 1.807) is 18.2 Å². The zero-order valence-corrected chi connectivity index (χ0v) is 9.56. The molecule has 6 heteroatoms. The second-order valence-corrected chi connectivity index (χ2v) is 3.63. The van der Waals surface area contributed by atoms with Gasteiger partial charge in [-0.1, -0.05) is 16.8 Å². The normalized spacial score (nSPS) is 10.2. The first-order valence-electron chi connectivity index (χ1n) is 4.65. The molecule has 0 aliphatic carbocycles. The third-order valence-electron chi connectivity index (χ3n) is 2.21. The largest absolute Gasteiger partial charge is 0.495 e. The Morgan fingerprint density at radius 3 is 2.88 bits per heavy atom. The van der Waals surface area contributed by atoms with Crippen LogP contribution in [0.4, 0.5) is 0 Å². The summed E-state index contributed by atoms with van der Waals surface area (Å²) in [6.45, 7) is 0. The van der Waals surface area contributed by atoms with Crippen molar-refractivity contribution < 1.29 is 19.2 Å². The summed E-state index contributed by atoms with van der Waals surface area (Å²) < 4.78 is 9.91. The topological polar surface area (TPSA) is 72.6 Å². The number of hydrogen-bond donors (Lipinski definition) is 1. The SMILES string of the molecule is COc1ccc(-c2oncc2C(=O)O)cc1Cl. The molecule has 2 aromatic rings. The fraction of sp³-hybridized carbons (Fsp3) is 0.0909. The third-order valence-corrected chi connectivity index (χ3v) is 2.51. The van der Waals surface area contributed by atoms with Crippen LogP contribution in [0.5, 0.6) is 5.75 Å². The molecule has 2 rings (SSSR count). The van der Waals surface area contributed by atoms with Crippen LogP contribution in [0, 0.1) is 0 Å². The van der Waals surface area contributed by atoms with E-state index in [0.29, 0.717) is 16.3 Å². The average molecular weight is 254 g/mol. The van der Waals surface area contributed by atoms with Crippen LogP contribution >= 0.6 is 11.6 Å². The number of carboxylic acids is 1. The van der Waals surface area contributed by atoms with Crippen LogP contribution in [0.1, 0.15) is 10.4 Å². The molecule has 1 N–H and O–H groups in total. The molecule has 0 radical (unpaired) electrons. The van der Waals surface area contributed by atoms with E-state index >= 15 is 0 Å². The van der Waals surface area contributed by atoms with Crippen molar-refractivity contribution in [2.45, 2.75) is 0 Å². The van der Waals surface area contributed by atoms with Gasteiger partial charge in [0.1, 0.15) is 11.3 Å². The summed E-state index contributed by atoms with van der Waals surface area (Å²) in [6.07, 6.45) is 1.15. The van der Waals surface area contributed by atoms with Crippen molar-refractivity contribution in [2.24, 2.45) is 0 Å². The lowest BCUT2D eigenvalue weighted by Crippen LogP contribution is -1.96. The summed E-state index contributed by atoms with van der Waals surface area (Å²) >= 11 is 5.94. The fourth-order valence-electron chi connectivity index (χ4n) is 1.41. The third kappa shape index (κ3) is 2.09. The summed E-state index contributed by atoms with van der Waals surface area (Å²) in [6, 6.07) is 4.84. The van der Waals surface area contributed by atoms with Crippen LogP contribution in [0.25, 0.3) is 11.3 Å². The monoisotopic (exact) mass is 253 g/mol. The zero-order valence-electron chi connectivity index (χ0n) is 8.81. The molecule has 0 fully saturated rings. The number of methoxy groups -OCH3 is 1. The van der Waals surface area contributed by atoms with Gasteiger partial charge in [-0.25, -0.2) is 4.79 Å². The van der Waals surface area contributed by atoms with Gasteiger partial charge in [0.05, 0.1) is 18.3 Å². The van der Waals surface area contributed by atoms with Crippen LogP contribution in [0.3, 0.4) is 0 Å². The summed E-state index contributed by atoms with van der Waals surface area (Å²) in [5.41, 5.74) is 0.525. The molecule has 0 bridgehead atoms. The van der Waals surface area contributed by atoms with Crippen LogP contribution in [0.15, 0.2) is 28.9 Å². The number of halogens is 1. The lowest BCUT2D eigenvalue weighted by atomic mass is 10.1. The van der Waals surface area contributed by atoms with Crippen LogP contribution in [-0.4, -0.2) is 23.3 Å². The lowest BCUT2D eigenvalue weighted by Gasteiger charge is -2.04. The Bertz CT molecular complexity index is 564. The Labute approximate surface area is 102 Å². The van der Waals surface area contributed by atoms with Gasteiger partial charge in [0, 0.05) is 5.56 Å². The maximum absolute atomic E-state index is 10.9. The number of ether oxygens (including phenoxy) is 1. The minimum atomic E-state index is -1.10. The Hall–Kier alpha value is -2.01. The maximum atomic E-state index is 10.9. The molecule has 0 spiro atoms. The van der Waals surface area contributed by atoms with Crippen LogP contribution in [-0.2, 0) is 0 Å². The highest BCUT2D eigenvalue weighted by Crippen LogP contribution is 2.31. The minimum absolute atomic E-state index is 0.00812. The molecule has 0 saturated carbocycles. The van der Waals surface area contributed by atoms with E-state index in [1.165, 1.54) is 7.11 Å². The number of hydrogen-bond acceptors (Lipinski definition) is 4. The highest BCUT2D eigenvalue weighted by molar-refractivity contribution is 6.32. The molecule has 0 amide bonds. The van der Waals surface area contributed by atoms with Gasteiger partial charge in [-0.05, 0) is 18.2 Å². The number of aromatic nitrogens is 1. The van der Waals surface area contributed by atoms with E-state index in [4.69, 9.17) is 26.0 Å². The van der Waals surface area contributed by atoms with Crippen LogP contribution in [0.2, 0.25) is 5.02 Å². The van der Waals surface area contributed by atoms with Crippen molar-refractivity contribution >= 4 is 17.6 Å². The number of rotatable bonds is 3. The molecule has 0 unspecified atom stereocenters. The highest BCUT2D eigenvalue weighted by atomic mass is 35.5. The molecular formula is C11H8ClNO4. The maximum Gasteiger partial charge on any atom is 0.341 e. The highest BCUT2D eigenvalue weighted by Gasteiger charge is 2.17. The number of benzene rings is 1. The Morgan fingerprint density at radius 1 is 1.53 bits per heavy atom. The summed E-state index contributed by atoms with van der Waals surface area (Å²) in [5.74, 6) is -0.429. The summed E-state index contributed by atoms with van der Waals surface area (Å²) in [4.78, 5) is 10.9. The molecule has 1 aromatic carbocycles. The second kappa shape index (κ2) is 4.47. The number of aromatic carboxylic acids is 1. The van der Waals surface area contributed by atoms with Crippen molar-refractivity contribution in [2.75, 3.05) is 7.11 Å². The summed E-state index contributed by atoms with van der Waals surface area (Å²) in [5, 5.41) is 12.8. The minimum Gasteiger partial charge on any atom is -0.495 e. The zero-order chi connectivity index (χ0) is 12.4. The molecule has 1 heterocycles. The fourth-order valence-corrected chi connectivity index (χ4v) is 1.67. The van der Waals surface area contributed by atoms with Crippen molar-refractivity contribution in [3.63, 3.8) is 0 Å². The number of carbonyl (C=O) groups is 1. The Morgan fingerprint density at radius 2 is 2.29 bits per heavy atom. The molecule has 88 valence electrons. The molecule has 0 saturated heterocycles. The van der Waals surface area contributed by atoms with Crippen molar-refractivity contribution in [3.05, 3.63) is 35.0 Å². The lowest BCUT2D eigenvalue weighted by molar-refractivity contribution is 0.0697. The van der Waals surface area contributed by atoms with Gasteiger partial charge >= 0.3 is 5.97 Å².